The molecule has 0 fully saturated rings. The molecule has 1 aliphatic rings. The molecule has 4 aromatic rings. The summed E-state index contributed by atoms with van der Waals surface area (Å²) < 4.78 is 37.9. The molecule has 48 heavy (non-hydrogen) atoms. The number of hydrogen-bond acceptors (Lipinski definition) is 8. The Morgan fingerprint density at radius 3 is 2.35 bits per heavy atom. The highest BCUT2D eigenvalue weighted by molar-refractivity contribution is 7.92. The van der Waals surface area contributed by atoms with Gasteiger partial charge in [0.15, 0.2) is 6.61 Å². The smallest absolute Gasteiger partial charge is 0.338 e. The van der Waals surface area contributed by atoms with Gasteiger partial charge in [-0.05, 0) is 79.1 Å². The summed E-state index contributed by atoms with van der Waals surface area (Å²) in [6.07, 6.45) is 6.79. The summed E-state index contributed by atoms with van der Waals surface area (Å²) in [5, 5.41) is 13.2. The Hall–Kier alpha value is -5.18. The highest BCUT2D eigenvalue weighted by Crippen LogP contribution is 2.47. The maximum absolute atomic E-state index is 13.0. The van der Waals surface area contributed by atoms with Crippen LogP contribution >= 0.6 is 11.3 Å². The minimum atomic E-state index is -3.85. The monoisotopic (exact) mass is 681 g/mol. The first-order valence-corrected chi connectivity index (χ1v) is 17.5. The van der Waals surface area contributed by atoms with Crippen LogP contribution in [0.1, 0.15) is 59.1 Å². The lowest BCUT2D eigenvalue weighted by Crippen LogP contribution is -2.26. The van der Waals surface area contributed by atoms with E-state index >= 15 is 0 Å². The normalized spacial score (nSPS) is 13.6. The Morgan fingerprint density at radius 2 is 1.71 bits per heavy atom. The molecule has 0 saturated heterocycles. The molecule has 9 nitrogen and oxygen atoms in total. The van der Waals surface area contributed by atoms with Crippen molar-refractivity contribution in [3.63, 3.8) is 0 Å². The second kappa shape index (κ2) is 14.3. The van der Waals surface area contributed by atoms with Crippen molar-refractivity contribution in [1.82, 2.24) is 0 Å². The maximum Gasteiger partial charge on any atom is 0.338 e. The minimum Gasteiger partial charge on any atom is -0.494 e. The zero-order valence-electron chi connectivity index (χ0n) is 27.0. The van der Waals surface area contributed by atoms with Gasteiger partial charge in [0.05, 0.1) is 28.3 Å². The Morgan fingerprint density at radius 1 is 1.02 bits per heavy atom. The molecule has 11 heteroatoms. The van der Waals surface area contributed by atoms with Crippen molar-refractivity contribution in [3.8, 4) is 11.8 Å². The van der Waals surface area contributed by atoms with Gasteiger partial charge in [-0.3, -0.25) is 9.10 Å². The number of para-hydroxylation sites is 1. The van der Waals surface area contributed by atoms with Gasteiger partial charge < -0.3 is 14.8 Å². The van der Waals surface area contributed by atoms with Crippen molar-refractivity contribution in [2.75, 3.05) is 29.9 Å². The number of sulfonamides is 1. The Balaban J connectivity index is 1.24. The minimum absolute atomic E-state index is 0.000584. The van der Waals surface area contributed by atoms with Crippen LogP contribution in [0.2, 0.25) is 0 Å². The third-order valence-electron chi connectivity index (χ3n) is 7.78. The first kappa shape index (κ1) is 34.2. The number of nitrogens with one attached hydrogen (secondary N) is 1. The van der Waals surface area contributed by atoms with E-state index in [4.69, 9.17) is 9.47 Å². The second-order valence-electron chi connectivity index (χ2n) is 11.7. The number of amides is 1. The van der Waals surface area contributed by atoms with Crippen LogP contribution in [0.15, 0.2) is 95.4 Å². The third-order valence-corrected chi connectivity index (χ3v) is 11.1. The zero-order chi connectivity index (χ0) is 34.5. The van der Waals surface area contributed by atoms with Crippen molar-refractivity contribution in [3.05, 3.63) is 118 Å². The Bertz CT molecular complexity index is 2020. The number of nitrogens with zero attached hydrogens (tertiary/aromatic N) is 2. The van der Waals surface area contributed by atoms with Crippen molar-refractivity contribution < 1.29 is 27.5 Å². The number of hydrogen-bond donors (Lipinski definition) is 1. The molecule has 1 amide bonds. The number of carbonyl (C=O) groups excluding carboxylic acids is 2. The molecule has 0 bridgehead atoms. The Labute approximate surface area is 284 Å². The summed E-state index contributed by atoms with van der Waals surface area (Å²) in [7, 11) is -2.40. The number of ether oxygens (including phenoxy) is 2. The topological polar surface area (TPSA) is 126 Å². The standard InChI is InChI=1S/C37H35N3O6S2/c1-5-45-29-17-13-25(14-18-29)11-12-26-21-31-32(23-38)35(47-34(31)37(2,3)22-26)39-33(41)24-46-36(42)27-15-19-30(20-16-27)48(43,44)40(4)28-9-7-6-8-10-28/h6-21H,5,22,24H2,1-4H3,(H,39,41). The van der Waals surface area contributed by atoms with Crippen LogP contribution in [0.5, 0.6) is 5.75 Å². The lowest BCUT2D eigenvalue weighted by Gasteiger charge is -2.29. The molecule has 3 aromatic carbocycles. The van der Waals surface area contributed by atoms with E-state index in [2.05, 4.69) is 25.2 Å². The van der Waals surface area contributed by atoms with Crippen LogP contribution < -0.4 is 14.4 Å². The van der Waals surface area contributed by atoms with Gasteiger partial charge in [0, 0.05) is 22.9 Å². The molecule has 0 spiro atoms. The molecule has 0 unspecified atom stereocenters. The predicted molar refractivity (Wildman–Crippen MR) is 189 cm³/mol. The quantitative estimate of drug-likeness (QED) is 0.163. The molecule has 246 valence electrons. The molecule has 0 saturated carbocycles. The summed E-state index contributed by atoms with van der Waals surface area (Å²) in [4.78, 5) is 26.5. The fourth-order valence-electron chi connectivity index (χ4n) is 5.34. The first-order valence-electron chi connectivity index (χ1n) is 15.2. The highest BCUT2D eigenvalue weighted by Gasteiger charge is 2.33. The van der Waals surface area contributed by atoms with Crippen molar-refractivity contribution >= 4 is 56.1 Å². The summed E-state index contributed by atoms with van der Waals surface area (Å²) in [5.41, 5.74) is 3.49. The average Bonchev–Trinajstić information content (AvgIpc) is 3.44. The van der Waals surface area contributed by atoms with Crippen LogP contribution in [-0.2, 0) is 25.0 Å². The number of benzene rings is 3. The van der Waals surface area contributed by atoms with Gasteiger partial charge >= 0.3 is 5.97 Å². The lowest BCUT2D eigenvalue weighted by molar-refractivity contribution is -0.119. The summed E-state index contributed by atoms with van der Waals surface area (Å²) in [6, 6.07) is 24.0. The Kier molecular flexibility index (Phi) is 10.2. The van der Waals surface area contributed by atoms with E-state index in [0.717, 1.165) is 38.1 Å². The van der Waals surface area contributed by atoms with E-state index in [1.165, 1.54) is 42.6 Å². The number of thiophene rings is 1. The predicted octanol–water partition coefficient (Wildman–Crippen LogP) is 7.42. The molecule has 1 aromatic heterocycles. The lowest BCUT2D eigenvalue weighted by atomic mass is 9.77. The fraction of sp³-hybridized carbons (Fsp3) is 0.216. The van der Waals surface area contributed by atoms with Gasteiger partial charge in [0.25, 0.3) is 15.9 Å². The number of esters is 1. The molecule has 1 heterocycles. The van der Waals surface area contributed by atoms with Gasteiger partial charge in [-0.1, -0.05) is 56.3 Å². The van der Waals surface area contributed by atoms with Crippen LogP contribution in [0.4, 0.5) is 10.7 Å². The largest absolute Gasteiger partial charge is 0.494 e. The molecule has 0 atom stereocenters. The zero-order valence-corrected chi connectivity index (χ0v) is 28.7. The van der Waals surface area contributed by atoms with Gasteiger partial charge in [-0.2, -0.15) is 5.26 Å². The molecule has 0 aliphatic heterocycles. The number of fused-ring (bicyclic) bond motifs is 1. The maximum atomic E-state index is 13.0. The van der Waals surface area contributed by atoms with E-state index < -0.39 is 28.5 Å². The van der Waals surface area contributed by atoms with Crippen LogP contribution in [-0.4, -0.2) is 40.6 Å². The number of carbonyl (C=O) groups is 2. The molecule has 0 radical (unpaired) electrons. The molecule has 5 rings (SSSR count). The molecule has 1 aliphatic carbocycles. The number of nitriles is 1. The third kappa shape index (κ3) is 7.51. The van der Waals surface area contributed by atoms with E-state index in [9.17, 15) is 23.3 Å². The SMILES string of the molecule is CCOc1ccc(C=CC2=Cc3c(sc(NC(=O)COC(=O)c4ccc(S(=O)(=O)N(C)c5ccccc5)cc4)c3C#N)C(C)(C)C2)cc1. The van der Waals surface area contributed by atoms with Gasteiger partial charge in [0.1, 0.15) is 16.8 Å². The van der Waals surface area contributed by atoms with Crippen molar-refractivity contribution in [1.29, 1.82) is 5.26 Å². The van der Waals surface area contributed by atoms with E-state index in [0.29, 0.717) is 22.9 Å². The summed E-state index contributed by atoms with van der Waals surface area (Å²) in [6.45, 7) is 6.17. The first-order chi connectivity index (χ1) is 22.9. The van der Waals surface area contributed by atoms with E-state index in [1.54, 1.807) is 30.3 Å². The highest BCUT2D eigenvalue weighted by atomic mass is 32.2. The van der Waals surface area contributed by atoms with Gasteiger partial charge in [-0.25, -0.2) is 13.2 Å². The van der Waals surface area contributed by atoms with Crippen LogP contribution in [0, 0.1) is 11.3 Å². The average molecular weight is 682 g/mol. The molecule has 1 N–H and O–H groups in total. The number of allylic oxidation sites excluding steroid dienone is 2. The van der Waals surface area contributed by atoms with Crippen LogP contribution in [0.25, 0.3) is 12.2 Å². The summed E-state index contributed by atoms with van der Waals surface area (Å²) >= 11 is 1.34. The van der Waals surface area contributed by atoms with Gasteiger partial charge in [-0.15, -0.1) is 11.3 Å². The number of anilines is 2. The number of rotatable bonds is 11. The van der Waals surface area contributed by atoms with Gasteiger partial charge in [0.2, 0.25) is 0 Å². The molecular weight excluding hydrogens is 647 g/mol. The summed E-state index contributed by atoms with van der Waals surface area (Å²) in [5.74, 6) is -0.572. The second-order valence-corrected chi connectivity index (χ2v) is 14.7. The van der Waals surface area contributed by atoms with E-state index in [1.807, 2.05) is 49.4 Å². The van der Waals surface area contributed by atoms with E-state index in [-0.39, 0.29) is 15.9 Å². The van der Waals surface area contributed by atoms with Crippen molar-refractivity contribution in [2.24, 2.45) is 0 Å². The fourth-order valence-corrected chi connectivity index (χ4v) is 7.78. The van der Waals surface area contributed by atoms with Crippen LogP contribution in [0.3, 0.4) is 0 Å². The molecular formula is C37H35N3O6S2. The van der Waals surface area contributed by atoms with Crippen molar-refractivity contribution in [2.45, 2.75) is 37.5 Å².